The van der Waals surface area contributed by atoms with E-state index in [9.17, 15) is 0 Å². The molecular formula is C13H19N5O2. The molecule has 0 saturated carbocycles. The van der Waals surface area contributed by atoms with Gasteiger partial charge in [-0.15, -0.1) is 0 Å². The quantitative estimate of drug-likeness (QED) is 0.876. The number of aromatic amines is 1. The highest BCUT2D eigenvalue weighted by molar-refractivity contribution is 5.05. The Bertz CT molecular complexity index is 545. The average Bonchev–Trinajstić information content (AvgIpc) is 3.10. The molecular weight excluding hydrogens is 258 g/mol. The number of imidazole rings is 1. The van der Waals surface area contributed by atoms with Crippen molar-refractivity contribution in [3.05, 3.63) is 29.9 Å². The molecule has 1 aliphatic heterocycles. The van der Waals surface area contributed by atoms with Gasteiger partial charge in [0.05, 0.1) is 12.4 Å². The highest BCUT2D eigenvalue weighted by Crippen LogP contribution is 2.33. The van der Waals surface area contributed by atoms with Gasteiger partial charge in [-0.25, -0.2) is 4.98 Å². The van der Waals surface area contributed by atoms with E-state index in [1.165, 1.54) is 0 Å². The Morgan fingerprint density at radius 3 is 3.10 bits per heavy atom. The van der Waals surface area contributed by atoms with Crippen LogP contribution in [0.2, 0.25) is 0 Å². The minimum absolute atomic E-state index is 0.344. The van der Waals surface area contributed by atoms with Gasteiger partial charge < -0.3 is 20.0 Å². The summed E-state index contributed by atoms with van der Waals surface area (Å²) in [5.41, 5.74) is 6.58. The van der Waals surface area contributed by atoms with Gasteiger partial charge in [0.25, 0.3) is 0 Å². The van der Waals surface area contributed by atoms with E-state index in [0.717, 1.165) is 31.6 Å². The first kappa shape index (κ1) is 13.3. The minimum atomic E-state index is -0.451. The van der Waals surface area contributed by atoms with Gasteiger partial charge in [0, 0.05) is 24.9 Å². The lowest BCUT2D eigenvalue weighted by Gasteiger charge is -2.30. The highest BCUT2D eigenvalue weighted by Gasteiger charge is 2.35. The van der Waals surface area contributed by atoms with Crippen LogP contribution < -0.4 is 5.73 Å². The molecule has 1 saturated heterocycles. The predicted molar refractivity (Wildman–Crippen MR) is 70.7 cm³/mol. The van der Waals surface area contributed by atoms with E-state index in [0.29, 0.717) is 18.1 Å². The SMILES string of the molecule is CC1(c2noc(C(N)Cc3cnc[nH]3)n2)CCCCO1. The summed E-state index contributed by atoms with van der Waals surface area (Å²) in [6.07, 6.45) is 7.04. The number of aromatic nitrogens is 4. The molecule has 3 heterocycles. The van der Waals surface area contributed by atoms with Gasteiger partial charge in [-0.1, -0.05) is 5.16 Å². The van der Waals surface area contributed by atoms with E-state index >= 15 is 0 Å². The highest BCUT2D eigenvalue weighted by atomic mass is 16.5. The summed E-state index contributed by atoms with van der Waals surface area (Å²) < 4.78 is 11.1. The summed E-state index contributed by atoms with van der Waals surface area (Å²) in [5.74, 6) is 1.03. The second-order valence-electron chi connectivity index (χ2n) is 5.38. The summed E-state index contributed by atoms with van der Waals surface area (Å²) in [6, 6.07) is -0.344. The van der Waals surface area contributed by atoms with Crippen molar-refractivity contribution in [1.82, 2.24) is 20.1 Å². The lowest BCUT2D eigenvalue weighted by Crippen LogP contribution is -2.31. The van der Waals surface area contributed by atoms with Crippen molar-refractivity contribution in [2.24, 2.45) is 5.73 Å². The second-order valence-corrected chi connectivity index (χ2v) is 5.38. The van der Waals surface area contributed by atoms with Crippen molar-refractivity contribution in [3.8, 4) is 0 Å². The van der Waals surface area contributed by atoms with Crippen LogP contribution >= 0.6 is 0 Å². The largest absolute Gasteiger partial charge is 0.367 e. The molecule has 0 aliphatic carbocycles. The zero-order chi connectivity index (χ0) is 14.0. The standard InChI is InChI=1S/C13H19N5O2/c1-13(4-2-3-5-19-13)12-17-11(20-18-12)10(14)6-9-7-15-8-16-9/h7-8,10H,2-6,14H2,1H3,(H,15,16). The molecule has 3 rings (SSSR count). The van der Waals surface area contributed by atoms with Crippen LogP contribution in [0.5, 0.6) is 0 Å². The lowest BCUT2D eigenvalue weighted by molar-refractivity contribution is -0.0770. The number of hydrogen-bond donors (Lipinski definition) is 2. The molecule has 0 amide bonds. The zero-order valence-corrected chi connectivity index (χ0v) is 11.5. The topological polar surface area (TPSA) is 103 Å². The van der Waals surface area contributed by atoms with Crippen molar-refractivity contribution in [2.45, 2.75) is 44.2 Å². The molecule has 1 aliphatic rings. The fraction of sp³-hybridized carbons (Fsp3) is 0.615. The van der Waals surface area contributed by atoms with Gasteiger partial charge in [-0.3, -0.25) is 0 Å². The molecule has 2 aromatic rings. The van der Waals surface area contributed by atoms with Gasteiger partial charge in [0.1, 0.15) is 5.60 Å². The number of nitrogens with two attached hydrogens (primary N) is 1. The summed E-state index contributed by atoms with van der Waals surface area (Å²) in [6.45, 7) is 2.74. The van der Waals surface area contributed by atoms with Crippen LogP contribution in [0.4, 0.5) is 0 Å². The van der Waals surface area contributed by atoms with E-state index in [1.54, 1.807) is 12.5 Å². The summed E-state index contributed by atoms with van der Waals surface area (Å²) >= 11 is 0. The monoisotopic (exact) mass is 277 g/mol. The van der Waals surface area contributed by atoms with Crippen LogP contribution in [-0.2, 0) is 16.8 Å². The van der Waals surface area contributed by atoms with E-state index < -0.39 is 5.60 Å². The number of nitrogens with zero attached hydrogens (tertiary/aromatic N) is 3. The van der Waals surface area contributed by atoms with Gasteiger partial charge in [-0.05, 0) is 26.2 Å². The normalized spacial score (nSPS) is 24.7. The maximum atomic E-state index is 6.09. The maximum absolute atomic E-state index is 6.09. The molecule has 7 heteroatoms. The second kappa shape index (κ2) is 5.34. The molecule has 0 bridgehead atoms. The van der Waals surface area contributed by atoms with Gasteiger partial charge in [0.2, 0.25) is 11.7 Å². The average molecular weight is 277 g/mol. The van der Waals surface area contributed by atoms with Crippen molar-refractivity contribution >= 4 is 0 Å². The molecule has 0 spiro atoms. The maximum Gasteiger partial charge on any atom is 0.244 e. The summed E-state index contributed by atoms with van der Waals surface area (Å²) in [7, 11) is 0. The van der Waals surface area contributed by atoms with Crippen LogP contribution in [0.3, 0.4) is 0 Å². The van der Waals surface area contributed by atoms with Crippen molar-refractivity contribution in [3.63, 3.8) is 0 Å². The number of H-pyrrole nitrogens is 1. The molecule has 2 aromatic heterocycles. The van der Waals surface area contributed by atoms with Crippen molar-refractivity contribution < 1.29 is 9.26 Å². The fourth-order valence-corrected chi connectivity index (χ4v) is 2.43. The van der Waals surface area contributed by atoms with E-state index in [2.05, 4.69) is 20.1 Å². The van der Waals surface area contributed by atoms with E-state index in [4.69, 9.17) is 15.0 Å². The first-order valence-electron chi connectivity index (χ1n) is 6.88. The van der Waals surface area contributed by atoms with Crippen LogP contribution in [-0.4, -0.2) is 26.7 Å². The van der Waals surface area contributed by atoms with Crippen LogP contribution in [0.1, 0.15) is 49.6 Å². The molecule has 7 nitrogen and oxygen atoms in total. The third kappa shape index (κ3) is 2.59. The zero-order valence-electron chi connectivity index (χ0n) is 11.5. The van der Waals surface area contributed by atoms with Gasteiger partial charge in [0.15, 0.2) is 0 Å². The number of ether oxygens (including phenoxy) is 1. The fourth-order valence-electron chi connectivity index (χ4n) is 2.43. The van der Waals surface area contributed by atoms with Gasteiger partial charge in [-0.2, -0.15) is 4.98 Å². The number of hydrogen-bond acceptors (Lipinski definition) is 6. The Labute approximate surface area is 116 Å². The Morgan fingerprint density at radius 1 is 1.50 bits per heavy atom. The third-order valence-corrected chi connectivity index (χ3v) is 3.70. The predicted octanol–water partition coefficient (Wildman–Crippen LogP) is 1.45. The molecule has 0 radical (unpaired) electrons. The Morgan fingerprint density at radius 2 is 2.40 bits per heavy atom. The summed E-state index contributed by atoms with van der Waals surface area (Å²) in [5, 5.41) is 4.05. The number of rotatable bonds is 4. The molecule has 108 valence electrons. The molecule has 2 atom stereocenters. The lowest BCUT2D eigenvalue weighted by atomic mass is 9.95. The van der Waals surface area contributed by atoms with Gasteiger partial charge >= 0.3 is 0 Å². The molecule has 2 unspecified atom stereocenters. The molecule has 1 fully saturated rings. The van der Waals surface area contributed by atoms with Crippen LogP contribution in [0.15, 0.2) is 17.0 Å². The van der Waals surface area contributed by atoms with Crippen LogP contribution in [0.25, 0.3) is 0 Å². The number of nitrogens with one attached hydrogen (secondary N) is 1. The molecule has 0 aromatic carbocycles. The van der Waals surface area contributed by atoms with Crippen molar-refractivity contribution in [1.29, 1.82) is 0 Å². The Kier molecular flexibility index (Phi) is 3.54. The first-order valence-corrected chi connectivity index (χ1v) is 6.88. The van der Waals surface area contributed by atoms with E-state index in [1.807, 2.05) is 6.92 Å². The van der Waals surface area contributed by atoms with Crippen molar-refractivity contribution in [2.75, 3.05) is 6.61 Å². The smallest absolute Gasteiger partial charge is 0.244 e. The van der Waals surface area contributed by atoms with Crippen LogP contribution in [0, 0.1) is 0 Å². The Hall–Kier alpha value is -1.73. The minimum Gasteiger partial charge on any atom is -0.367 e. The van der Waals surface area contributed by atoms with E-state index in [-0.39, 0.29) is 6.04 Å². The Balaban J connectivity index is 1.72. The summed E-state index contributed by atoms with van der Waals surface area (Å²) in [4.78, 5) is 11.4. The first-order chi connectivity index (χ1) is 9.67. The third-order valence-electron chi connectivity index (χ3n) is 3.70. The molecule has 3 N–H and O–H groups in total. The molecule has 20 heavy (non-hydrogen) atoms.